The molecule has 2 rings (SSSR count). The normalized spacial score (nSPS) is 14.1. The number of anilines is 1. The molecule has 2 N–H and O–H groups in total. The third-order valence-electron chi connectivity index (χ3n) is 4.04. The summed E-state index contributed by atoms with van der Waals surface area (Å²) < 4.78 is 56.4. The van der Waals surface area contributed by atoms with E-state index in [9.17, 15) is 17.3 Å². The molecular weight excluding hydrogens is 393 g/mol. The van der Waals surface area contributed by atoms with Crippen LogP contribution in [0.5, 0.6) is 11.5 Å². The van der Waals surface area contributed by atoms with E-state index in [1.54, 1.807) is 0 Å². The summed E-state index contributed by atoms with van der Waals surface area (Å²) in [4.78, 5) is 2.28. The van der Waals surface area contributed by atoms with Crippen LogP contribution >= 0.6 is 0 Å². The fourth-order valence-corrected chi connectivity index (χ4v) is 2.57. The molecule has 1 fully saturated rings. The predicted octanol–water partition coefficient (Wildman–Crippen LogP) is 4.02. The zero-order valence-corrected chi connectivity index (χ0v) is 17.0. The molecule has 1 saturated heterocycles. The van der Waals surface area contributed by atoms with Gasteiger partial charge in [-0.25, -0.2) is 0 Å². The lowest BCUT2D eigenvalue weighted by atomic mass is 10.2. The largest absolute Gasteiger partial charge is 0.673 e. The minimum atomic E-state index is -6.00. The Kier molecular flexibility index (Phi) is 11.4. The average Bonchev–Trinajstić information content (AvgIpc) is 2.68. The number of hydrogen-bond acceptors (Lipinski definition) is 5. The van der Waals surface area contributed by atoms with Crippen LogP contribution in [0.4, 0.5) is 28.6 Å². The van der Waals surface area contributed by atoms with Gasteiger partial charge in [-0.15, -0.1) is 0 Å². The summed E-state index contributed by atoms with van der Waals surface area (Å²) in [5, 5.41) is 3.88. The minimum absolute atomic E-state index is 0.634. The molecule has 0 unspecified atom stereocenters. The SMILES string of the molecule is CCCCOc1cc(N2CCOCC2)c(OCCCC)cc1N=[NH2+].F[B-](F)(F)F. The van der Waals surface area contributed by atoms with Crippen molar-refractivity contribution in [3.05, 3.63) is 12.1 Å². The zero-order chi connectivity index (χ0) is 21.7. The quantitative estimate of drug-likeness (QED) is 0.267. The highest BCUT2D eigenvalue weighted by molar-refractivity contribution is 6.50. The maximum atomic E-state index is 9.75. The number of nitrogens with zero attached hydrogens (tertiary/aromatic N) is 2. The van der Waals surface area contributed by atoms with Crippen molar-refractivity contribution in [2.75, 3.05) is 44.4 Å². The van der Waals surface area contributed by atoms with Crippen molar-refractivity contribution in [2.24, 2.45) is 5.11 Å². The summed E-state index contributed by atoms with van der Waals surface area (Å²) in [7, 11) is -6.00. The summed E-state index contributed by atoms with van der Waals surface area (Å²) in [6.07, 6.45) is 4.21. The van der Waals surface area contributed by atoms with Crippen LogP contribution in [0, 0.1) is 0 Å². The molecule has 11 heteroatoms. The number of unbranched alkanes of at least 4 members (excludes halogenated alkanes) is 2. The first-order valence-electron chi connectivity index (χ1n) is 9.84. The van der Waals surface area contributed by atoms with E-state index in [1.165, 1.54) is 0 Å². The Balaban J connectivity index is 0.000000749. The van der Waals surface area contributed by atoms with Crippen LogP contribution in [0.3, 0.4) is 0 Å². The first-order chi connectivity index (χ1) is 13.8. The van der Waals surface area contributed by atoms with E-state index in [0.29, 0.717) is 18.9 Å². The summed E-state index contributed by atoms with van der Waals surface area (Å²) in [5.74, 6) is 1.53. The smallest absolute Gasteiger partial charge is 0.491 e. The third kappa shape index (κ3) is 10.3. The van der Waals surface area contributed by atoms with Crippen LogP contribution in [-0.4, -0.2) is 46.8 Å². The van der Waals surface area contributed by atoms with E-state index >= 15 is 0 Å². The Hall–Kier alpha value is -2.04. The van der Waals surface area contributed by atoms with Gasteiger partial charge in [-0.2, -0.15) is 5.53 Å². The summed E-state index contributed by atoms with van der Waals surface area (Å²) >= 11 is 0. The second-order valence-electron chi connectivity index (χ2n) is 6.42. The Bertz CT molecular complexity index is 609. The lowest BCUT2D eigenvalue weighted by Crippen LogP contribution is -2.36. The topological polar surface area (TPSA) is 68.9 Å². The van der Waals surface area contributed by atoms with Crippen molar-refractivity contribution in [1.29, 1.82) is 0 Å². The molecule has 166 valence electrons. The maximum absolute atomic E-state index is 9.75. The van der Waals surface area contributed by atoms with Crippen LogP contribution in [0.15, 0.2) is 17.2 Å². The molecule has 0 amide bonds. The molecule has 6 nitrogen and oxygen atoms in total. The Morgan fingerprint density at radius 1 is 1.00 bits per heavy atom. The lowest BCUT2D eigenvalue weighted by Gasteiger charge is -2.30. The second kappa shape index (κ2) is 13.2. The van der Waals surface area contributed by atoms with E-state index in [0.717, 1.165) is 69.2 Å². The molecule has 0 saturated carbocycles. The van der Waals surface area contributed by atoms with Crippen LogP contribution in [0.25, 0.3) is 0 Å². The van der Waals surface area contributed by atoms with Gasteiger partial charge in [0.25, 0.3) is 0 Å². The van der Waals surface area contributed by atoms with Crippen molar-refractivity contribution in [1.82, 2.24) is 0 Å². The lowest BCUT2D eigenvalue weighted by molar-refractivity contribution is -0.210. The molecular formula is C18H30BF4N3O3. The van der Waals surface area contributed by atoms with Gasteiger partial charge in [-0.3, -0.25) is 0 Å². The molecule has 29 heavy (non-hydrogen) atoms. The fourth-order valence-electron chi connectivity index (χ4n) is 2.57. The number of halogens is 4. The highest BCUT2D eigenvalue weighted by Gasteiger charge is 2.21. The van der Waals surface area contributed by atoms with Gasteiger partial charge in [-0.05, 0) is 18.0 Å². The fraction of sp³-hybridized carbons (Fsp3) is 0.667. The molecule has 1 aliphatic rings. The van der Waals surface area contributed by atoms with E-state index in [4.69, 9.17) is 19.7 Å². The molecule has 0 bridgehead atoms. The van der Waals surface area contributed by atoms with Gasteiger partial charge in [0.05, 0.1) is 32.1 Å². The number of nitrogens with two attached hydrogens (primary N) is 1. The van der Waals surface area contributed by atoms with E-state index in [-0.39, 0.29) is 0 Å². The zero-order valence-electron chi connectivity index (χ0n) is 17.0. The summed E-state index contributed by atoms with van der Waals surface area (Å²) in [5.41, 5.74) is 7.23. The van der Waals surface area contributed by atoms with Crippen LogP contribution < -0.4 is 19.9 Å². The van der Waals surface area contributed by atoms with Crippen LogP contribution in [0.2, 0.25) is 0 Å². The number of benzene rings is 1. The van der Waals surface area contributed by atoms with Gasteiger partial charge in [0.15, 0.2) is 11.4 Å². The second-order valence-corrected chi connectivity index (χ2v) is 6.42. The maximum Gasteiger partial charge on any atom is 0.673 e. The standard InChI is InChI=1S/C18H29N3O3.BF4/c1-3-5-9-23-17-14-16(21-7-11-22-12-8-21)18(13-15(17)20-19)24-10-6-4-2;2-1(3,4)5/h13-14,19H,3-12H2,1-2H3;/q;-1/p+1. The molecule has 0 atom stereocenters. The average molecular weight is 423 g/mol. The van der Waals surface area contributed by atoms with Crippen molar-refractivity contribution in [3.8, 4) is 11.5 Å². The van der Waals surface area contributed by atoms with Crippen molar-refractivity contribution in [2.45, 2.75) is 39.5 Å². The van der Waals surface area contributed by atoms with Gasteiger partial charge in [0, 0.05) is 25.2 Å². The minimum Gasteiger partial charge on any atom is -0.491 e. The van der Waals surface area contributed by atoms with E-state index < -0.39 is 7.25 Å². The van der Waals surface area contributed by atoms with Gasteiger partial charge in [0.2, 0.25) is 0 Å². The number of morpholine rings is 1. The highest BCUT2D eigenvalue weighted by Crippen LogP contribution is 2.40. The van der Waals surface area contributed by atoms with Gasteiger partial charge in [-0.1, -0.05) is 26.7 Å². The molecule has 1 aromatic rings. The Morgan fingerprint density at radius 2 is 1.52 bits per heavy atom. The molecule has 0 radical (unpaired) electrons. The first kappa shape index (κ1) is 25.0. The molecule has 1 heterocycles. The highest BCUT2D eigenvalue weighted by atomic mass is 19.5. The summed E-state index contributed by atoms with van der Waals surface area (Å²) in [6, 6.07) is 3.90. The Labute approximate surface area is 169 Å². The van der Waals surface area contributed by atoms with E-state index in [2.05, 4.69) is 23.9 Å². The summed E-state index contributed by atoms with van der Waals surface area (Å²) in [6.45, 7) is 8.78. The van der Waals surface area contributed by atoms with Crippen LogP contribution in [0.1, 0.15) is 39.5 Å². The molecule has 1 aromatic carbocycles. The monoisotopic (exact) mass is 423 g/mol. The molecule has 0 spiro atoms. The molecule has 0 aliphatic carbocycles. The van der Waals surface area contributed by atoms with Crippen LogP contribution in [-0.2, 0) is 4.74 Å². The first-order valence-corrected chi connectivity index (χ1v) is 9.84. The number of hydrogen-bond donors (Lipinski definition) is 1. The van der Waals surface area contributed by atoms with Crippen molar-refractivity contribution < 1.29 is 37.0 Å². The third-order valence-corrected chi connectivity index (χ3v) is 4.04. The number of ether oxygens (including phenoxy) is 3. The Morgan fingerprint density at radius 3 is 2.00 bits per heavy atom. The van der Waals surface area contributed by atoms with Gasteiger partial charge >= 0.3 is 7.25 Å². The van der Waals surface area contributed by atoms with Gasteiger partial charge < -0.3 is 36.4 Å². The van der Waals surface area contributed by atoms with Crippen molar-refractivity contribution in [3.63, 3.8) is 0 Å². The number of rotatable bonds is 10. The van der Waals surface area contributed by atoms with Gasteiger partial charge in [0.1, 0.15) is 5.75 Å². The predicted molar refractivity (Wildman–Crippen MR) is 104 cm³/mol. The molecule has 0 aromatic heterocycles. The molecule has 1 aliphatic heterocycles. The van der Waals surface area contributed by atoms with Crippen molar-refractivity contribution >= 4 is 18.6 Å². The van der Waals surface area contributed by atoms with E-state index in [1.807, 2.05) is 12.1 Å².